The van der Waals surface area contributed by atoms with Gasteiger partial charge in [0, 0.05) is 12.2 Å². The number of morpholine rings is 1. The number of hydrogen-bond acceptors (Lipinski definition) is 5. The molecule has 1 saturated heterocycles. The van der Waals surface area contributed by atoms with Gasteiger partial charge in [0.05, 0.1) is 30.3 Å². The van der Waals surface area contributed by atoms with Crippen LogP contribution in [0.3, 0.4) is 0 Å². The van der Waals surface area contributed by atoms with Crippen LogP contribution < -0.4 is 5.32 Å². The van der Waals surface area contributed by atoms with Crippen LogP contribution in [0.2, 0.25) is 0 Å². The molecule has 0 bridgehead atoms. The normalized spacial score (nSPS) is 18.4. The van der Waals surface area contributed by atoms with Crippen molar-refractivity contribution in [3.63, 3.8) is 0 Å². The first-order chi connectivity index (χ1) is 10.8. The second-order valence-electron chi connectivity index (χ2n) is 5.81. The van der Waals surface area contributed by atoms with Crippen LogP contribution in [-0.4, -0.2) is 50.7 Å². The fourth-order valence-corrected chi connectivity index (χ4v) is 4.16. The van der Waals surface area contributed by atoms with Crippen LogP contribution in [0, 0.1) is 0 Å². The minimum absolute atomic E-state index is 0.182. The lowest BCUT2D eigenvalue weighted by Crippen LogP contribution is -2.55. The second kappa shape index (κ2) is 6.86. The van der Waals surface area contributed by atoms with E-state index < -0.39 is 21.7 Å². The third kappa shape index (κ3) is 4.01. The van der Waals surface area contributed by atoms with Crippen LogP contribution in [0.1, 0.15) is 20.8 Å². The molecule has 1 N–H and O–H groups in total. The molecular weight excluding hydrogens is 320 g/mol. The molecule has 1 aromatic rings. The largest absolute Gasteiger partial charge is 0.450 e. The third-order valence-corrected chi connectivity index (χ3v) is 5.66. The molecule has 23 heavy (non-hydrogen) atoms. The Bertz CT molecular complexity index is 655. The van der Waals surface area contributed by atoms with Crippen molar-refractivity contribution in [1.82, 2.24) is 4.31 Å². The van der Waals surface area contributed by atoms with Gasteiger partial charge in [-0.05, 0) is 45.0 Å². The lowest BCUT2D eigenvalue weighted by molar-refractivity contribution is -0.00770. The average molecular weight is 342 g/mol. The van der Waals surface area contributed by atoms with E-state index in [4.69, 9.17) is 9.47 Å². The molecule has 1 amide bonds. The van der Waals surface area contributed by atoms with Gasteiger partial charge < -0.3 is 9.47 Å². The first kappa shape index (κ1) is 17.7. The quantitative estimate of drug-likeness (QED) is 0.905. The molecule has 1 fully saturated rings. The SMILES string of the molecule is CCOC(=O)Nc1ccc(S(=O)(=O)N2CCOCC2(C)C)cc1. The van der Waals surface area contributed by atoms with Crippen LogP contribution in [0.15, 0.2) is 29.2 Å². The van der Waals surface area contributed by atoms with Gasteiger partial charge >= 0.3 is 6.09 Å². The number of rotatable bonds is 4. The number of hydrogen-bond donors (Lipinski definition) is 1. The van der Waals surface area contributed by atoms with E-state index >= 15 is 0 Å². The Morgan fingerprint density at radius 2 is 2.00 bits per heavy atom. The summed E-state index contributed by atoms with van der Waals surface area (Å²) in [6, 6.07) is 6.03. The highest BCUT2D eigenvalue weighted by molar-refractivity contribution is 7.89. The Hall–Kier alpha value is -1.64. The number of ether oxygens (including phenoxy) is 2. The zero-order valence-corrected chi connectivity index (χ0v) is 14.4. The number of carbonyl (C=O) groups excluding carboxylic acids is 1. The first-order valence-electron chi connectivity index (χ1n) is 7.42. The van der Waals surface area contributed by atoms with E-state index in [-0.39, 0.29) is 11.5 Å². The summed E-state index contributed by atoms with van der Waals surface area (Å²) in [6.07, 6.45) is -0.572. The van der Waals surface area contributed by atoms with Crippen molar-refractivity contribution < 1.29 is 22.7 Å². The molecule has 8 heteroatoms. The molecule has 0 unspecified atom stereocenters. The molecule has 1 heterocycles. The fourth-order valence-electron chi connectivity index (χ4n) is 2.41. The van der Waals surface area contributed by atoms with Crippen LogP contribution in [-0.2, 0) is 19.5 Å². The zero-order chi connectivity index (χ0) is 17.1. The maximum Gasteiger partial charge on any atom is 0.411 e. The van der Waals surface area contributed by atoms with E-state index in [9.17, 15) is 13.2 Å². The Kier molecular flexibility index (Phi) is 5.28. The van der Waals surface area contributed by atoms with Gasteiger partial charge in [-0.3, -0.25) is 5.32 Å². The van der Waals surface area contributed by atoms with Crippen molar-refractivity contribution >= 4 is 21.8 Å². The van der Waals surface area contributed by atoms with E-state index in [2.05, 4.69) is 5.32 Å². The van der Waals surface area contributed by atoms with Crippen molar-refractivity contribution in [2.45, 2.75) is 31.2 Å². The Morgan fingerprint density at radius 3 is 2.57 bits per heavy atom. The first-order valence-corrected chi connectivity index (χ1v) is 8.86. The van der Waals surface area contributed by atoms with Crippen LogP contribution in [0.5, 0.6) is 0 Å². The standard InChI is InChI=1S/C15H22N2O5S/c1-4-22-14(18)16-12-5-7-13(8-6-12)23(19,20)17-9-10-21-11-15(17,2)3/h5-8H,4,9-11H2,1-3H3,(H,16,18). The summed E-state index contributed by atoms with van der Waals surface area (Å²) in [7, 11) is -3.62. The molecule has 0 aliphatic carbocycles. The highest BCUT2D eigenvalue weighted by Gasteiger charge is 2.39. The minimum atomic E-state index is -3.62. The third-order valence-electron chi connectivity index (χ3n) is 3.53. The van der Waals surface area contributed by atoms with Crippen molar-refractivity contribution in [3.8, 4) is 0 Å². The van der Waals surface area contributed by atoms with Crippen LogP contribution in [0.25, 0.3) is 0 Å². The lowest BCUT2D eigenvalue weighted by Gasteiger charge is -2.40. The molecule has 2 rings (SSSR count). The molecule has 7 nitrogen and oxygen atoms in total. The maximum absolute atomic E-state index is 12.8. The molecule has 0 aromatic heterocycles. The molecular formula is C15H22N2O5S. The van der Waals surface area contributed by atoms with Gasteiger partial charge in [0.2, 0.25) is 10.0 Å². The molecule has 0 atom stereocenters. The molecule has 0 radical (unpaired) electrons. The fraction of sp³-hybridized carbons (Fsp3) is 0.533. The molecule has 128 valence electrons. The molecule has 0 spiro atoms. The number of benzene rings is 1. The molecule has 1 aromatic carbocycles. The van der Waals surface area contributed by atoms with Crippen molar-refractivity contribution in [2.75, 3.05) is 31.7 Å². The van der Waals surface area contributed by atoms with Gasteiger partial charge in [-0.15, -0.1) is 0 Å². The number of nitrogens with zero attached hydrogens (tertiary/aromatic N) is 1. The number of carbonyl (C=O) groups is 1. The summed E-state index contributed by atoms with van der Waals surface area (Å²) in [6.45, 7) is 6.70. The molecule has 1 aliphatic heterocycles. The van der Waals surface area contributed by atoms with Gasteiger partial charge in [0.25, 0.3) is 0 Å². The summed E-state index contributed by atoms with van der Waals surface area (Å²) < 4.78 is 37.2. The van der Waals surface area contributed by atoms with E-state index in [1.165, 1.54) is 28.6 Å². The summed E-state index contributed by atoms with van der Waals surface area (Å²) >= 11 is 0. The summed E-state index contributed by atoms with van der Waals surface area (Å²) in [5.74, 6) is 0. The van der Waals surface area contributed by atoms with E-state index in [1.54, 1.807) is 6.92 Å². The maximum atomic E-state index is 12.8. The minimum Gasteiger partial charge on any atom is -0.450 e. The van der Waals surface area contributed by atoms with E-state index in [1.807, 2.05) is 13.8 Å². The second-order valence-corrected chi connectivity index (χ2v) is 7.67. The van der Waals surface area contributed by atoms with E-state index in [0.717, 1.165) is 0 Å². The molecule has 0 saturated carbocycles. The topological polar surface area (TPSA) is 84.9 Å². The highest BCUT2D eigenvalue weighted by Crippen LogP contribution is 2.28. The monoisotopic (exact) mass is 342 g/mol. The van der Waals surface area contributed by atoms with Crippen LogP contribution >= 0.6 is 0 Å². The average Bonchev–Trinajstić information content (AvgIpc) is 2.47. The Balaban J connectivity index is 2.19. The summed E-state index contributed by atoms with van der Waals surface area (Å²) in [5.41, 5.74) is -0.123. The number of anilines is 1. The number of amides is 1. The van der Waals surface area contributed by atoms with Gasteiger partial charge in [-0.25, -0.2) is 13.2 Å². The van der Waals surface area contributed by atoms with Gasteiger partial charge in [-0.2, -0.15) is 4.31 Å². The molecule has 1 aliphatic rings. The summed E-state index contributed by atoms with van der Waals surface area (Å²) in [4.78, 5) is 11.5. The van der Waals surface area contributed by atoms with Gasteiger partial charge in [0.1, 0.15) is 0 Å². The highest BCUT2D eigenvalue weighted by atomic mass is 32.2. The smallest absolute Gasteiger partial charge is 0.411 e. The lowest BCUT2D eigenvalue weighted by atomic mass is 10.1. The van der Waals surface area contributed by atoms with Gasteiger partial charge in [-0.1, -0.05) is 0 Å². The van der Waals surface area contributed by atoms with Crippen molar-refractivity contribution in [3.05, 3.63) is 24.3 Å². The Labute approximate surface area is 136 Å². The number of nitrogens with one attached hydrogen (secondary N) is 1. The number of sulfonamides is 1. The Morgan fingerprint density at radius 1 is 1.35 bits per heavy atom. The summed E-state index contributed by atoms with van der Waals surface area (Å²) in [5, 5.41) is 2.53. The predicted octanol–water partition coefficient (Wildman–Crippen LogP) is 2.05. The van der Waals surface area contributed by atoms with Crippen molar-refractivity contribution in [2.24, 2.45) is 0 Å². The predicted molar refractivity (Wildman–Crippen MR) is 85.9 cm³/mol. The van der Waals surface area contributed by atoms with Crippen LogP contribution in [0.4, 0.5) is 10.5 Å². The van der Waals surface area contributed by atoms with Gasteiger partial charge in [0.15, 0.2) is 0 Å². The zero-order valence-electron chi connectivity index (χ0n) is 13.5. The van der Waals surface area contributed by atoms with E-state index in [0.29, 0.717) is 25.4 Å². The van der Waals surface area contributed by atoms with Crippen molar-refractivity contribution in [1.29, 1.82) is 0 Å².